The van der Waals surface area contributed by atoms with Crippen molar-refractivity contribution in [1.29, 1.82) is 0 Å². The minimum atomic E-state index is -4.22. The summed E-state index contributed by atoms with van der Waals surface area (Å²) >= 11 is 1.12. The number of carbonyl (C=O) groups excluding carboxylic acids is 2. The van der Waals surface area contributed by atoms with Crippen LogP contribution in [-0.2, 0) is 26.6 Å². The molecule has 0 radical (unpaired) electrons. The number of hydrogen-bond donors (Lipinski definition) is 1. The second-order valence-electron chi connectivity index (χ2n) is 8.35. The smallest absolute Gasteiger partial charge is 0.304 e. The fourth-order valence-corrected chi connectivity index (χ4v) is 7.09. The van der Waals surface area contributed by atoms with Gasteiger partial charge in [0, 0.05) is 36.1 Å². The first kappa shape index (κ1) is 28.8. The molecule has 0 atom stereocenters. The number of carbonyl (C=O) groups is 2. The molecule has 15 heteroatoms. The predicted octanol–water partition coefficient (Wildman–Crippen LogP) is 1.23. The van der Waals surface area contributed by atoms with E-state index in [0.717, 1.165) is 21.2 Å². The number of rotatable bonds is 10. The third kappa shape index (κ3) is 6.97. The van der Waals surface area contributed by atoms with Crippen LogP contribution in [0.5, 0.6) is 11.5 Å². The summed E-state index contributed by atoms with van der Waals surface area (Å²) < 4.78 is 61.8. The summed E-state index contributed by atoms with van der Waals surface area (Å²) in [5.41, 5.74) is 1.02. The SMILES string of the molecule is CCCN(Cc1nc(C(=O)NS(=O)(=O)N2CCS(=O)(=O)CC2)cs1)C(=O)c1cc(OC)c(C)c(OC)c1. The van der Waals surface area contributed by atoms with Crippen LogP contribution in [0.1, 0.15) is 44.8 Å². The third-order valence-corrected chi connectivity index (χ3v) is 9.69. The van der Waals surface area contributed by atoms with Gasteiger partial charge in [0.05, 0.1) is 32.3 Å². The third-order valence-electron chi connectivity index (χ3n) is 5.76. The van der Waals surface area contributed by atoms with Gasteiger partial charge in [0.25, 0.3) is 11.8 Å². The Morgan fingerprint density at radius 3 is 2.30 bits per heavy atom. The zero-order valence-electron chi connectivity index (χ0n) is 21.0. The molecule has 0 aliphatic carbocycles. The second kappa shape index (κ2) is 11.8. The van der Waals surface area contributed by atoms with E-state index in [0.29, 0.717) is 35.0 Å². The molecule has 0 spiro atoms. The van der Waals surface area contributed by atoms with Crippen molar-refractivity contribution in [2.45, 2.75) is 26.8 Å². The Bertz CT molecular complexity index is 1330. The Morgan fingerprint density at radius 1 is 1.16 bits per heavy atom. The molecule has 2 aromatic rings. The first-order valence-electron chi connectivity index (χ1n) is 11.4. The Balaban J connectivity index is 1.73. The van der Waals surface area contributed by atoms with Crippen molar-refractivity contribution in [3.05, 3.63) is 39.3 Å². The van der Waals surface area contributed by atoms with Gasteiger partial charge in [-0.2, -0.15) is 12.7 Å². The van der Waals surface area contributed by atoms with Crippen LogP contribution in [0.4, 0.5) is 0 Å². The first-order valence-corrected chi connectivity index (χ1v) is 15.5. The molecule has 12 nitrogen and oxygen atoms in total. The molecule has 37 heavy (non-hydrogen) atoms. The van der Waals surface area contributed by atoms with Crippen molar-refractivity contribution < 1.29 is 35.9 Å². The zero-order chi connectivity index (χ0) is 27.4. The quantitative estimate of drug-likeness (QED) is 0.441. The number of nitrogens with zero attached hydrogens (tertiary/aromatic N) is 3. The predicted molar refractivity (Wildman–Crippen MR) is 138 cm³/mol. The molecule has 1 N–H and O–H groups in total. The lowest BCUT2D eigenvalue weighted by Gasteiger charge is -2.25. The average molecular weight is 575 g/mol. The number of nitrogens with one attached hydrogen (secondary N) is 1. The van der Waals surface area contributed by atoms with Gasteiger partial charge in [-0.05, 0) is 25.5 Å². The maximum absolute atomic E-state index is 13.3. The maximum Gasteiger partial charge on any atom is 0.304 e. The van der Waals surface area contributed by atoms with Gasteiger partial charge in [0.15, 0.2) is 9.84 Å². The molecular formula is C22H30N4O8S3. The van der Waals surface area contributed by atoms with Gasteiger partial charge in [-0.15, -0.1) is 11.3 Å². The first-order chi connectivity index (χ1) is 17.4. The topological polar surface area (TPSA) is 152 Å². The van der Waals surface area contributed by atoms with Crippen LogP contribution < -0.4 is 14.2 Å². The van der Waals surface area contributed by atoms with E-state index in [1.165, 1.54) is 19.6 Å². The van der Waals surface area contributed by atoms with Crippen LogP contribution in [0.3, 0.4) is 0 Å². The van der Waals surface area contributed by atoms with Gasteiger partial charge in [-0.25, -0.2) is 18.1 Å². The highest BCUT2D eigenvalue weighted by Gasteiger charge is 2.32. The summed E-state index contributed by atoms with van der Waals surface area (Å²) in [6, 6.07) is 3.28. The fourth-order valence-electron chi connectivity index (χ4n) is 3.74. The Morgan fingerprint density at radius 2 is 1.76 bits per heavy atom. The summed E-state index contributed by atoms with van der Waals surface area (Å²) in [5, 5.41) is 1.85. The number of sulfone groups is 1. The lowest BCUT2D eigenvalue weighted by atomic mass is 10.1. The van der Waals surface area contributed by atoms with E-state index in [2.05, 4.69) is 4.98 Å². The van der Waals surface area contributed by atoms with E-state index < -0.39 is 26.0 Å². The van der Waals surface area contributed by atoms with Crippen molar-refractivity contribution in [3.63, 3.8) is 0 Å². The minimum Gasteiger partial charge on any atom is -0.496 e. The van der Waals surface area contributed by atoms with Crippen LogP contribution in [-0.4, -0.2) is 88.2 Å². The summed E-state index contributed by atoms with van der Waals surface area (Å²) in [6.07, 6.45) is 0.675. The normalized spacial score (nSPS) is 15.7. The number of thiazole rings is 1. The second-order valence-corrected chi connectivity index (χ2v) is 13.3. The van der Waals surface area contributed by atoms with E-state index in [1.54, 1.807) is 17.0 Å². The molecule has 1 fully saturated rings. The van der Waals surface area contributed by atoms with E-state index in [4.69, 9.17) is 9.47 Å². The van der Waals surface area contributed by atoms with Crippen LogP contribution in [0.15, 0.2) is 17.5 Å². The number of ether oxygens (including phenoxy) is 2. The molecule has 0 unspecified atom stereocenters. The molecule has 2 heterocycles. The van der Waals surface area contributed by atoms with Crippen LogP contribution in [0, 0.1) is 6.92 Å². The molecule has 1 aliphatic rings. The van der Waals surface area contributed by atoms with E-state index in [9.17, 15) is 26.4 Å². The van der Waals surface area contributed by atoms with Gasteiger partial charge in [0.1, 0.15) is 22.2 Å². The van der Waals surface area contributed by atoms with Gasteiger partial charge < -0.3 is 14.4 Å². The number of aromatic nitrogens is 1. The van der Waals surface area contributed by atoms with E-state index in [1.807, 2.05) is 18.6 Å². The number of benzene rings is 1. The highest BCUT2D eigenvalue weighted by atomic mass is 32.2. The Hall–Kier alpha value is -2.75. The van der Waals surface area contributed by atoms with Crippen LogP contribution in [0.25, 0.3) is 0 Å². The summed E-state index contributed by atoms with van der Waals surface area (Å²) in [7, 11) is -4.49. The molecule has 1 aliphatic heterocycles. The van der Waals surface area contributed by atoms with E-state index >= 15 is 0 Å². The molecule has 1 aromatic heterocycles. The monoisotopic (exact) mass is 574 g/mol. The standard InChI is InChI=1S/C22H30N4O8S3/c1-5-6-25(22(28)16-11-18(33-3)15(2)19(12-16)34-4)13-20-23-17(14-35-20)21(27)24-37(31,32)26-7-9-36(29,30)10-8-26/h11-12,14H,5-10,13H2,1-4H3,(H,24,27). The van der Waals surface area contributed by atoms with Gasteiger partial charge >= 0.3 is 10.2 Å². The van der Waals surface area contributed by atoms with Crippen molar-refractivity contribution in [3.8, 4) is 11.5 Å². The molecule has 3 rings (SSSR count). The Kier molecular flexibility index (Phi) is 9.15. The average Bonchev–Trinajstić information content (AvgIpc) is 3.32. The van der Waals surface area contributed by atoms with Gasteiger partial charge in [0.2, 0.25) is 0 Å². The van der Waals surface area contributed by atoms with Crippen LogP contribution >= 0.6 is 11.3 Å². The minimum absolute atomic E-state index is 0.111. The molecule has 204 valence electrons. The highest BCUT2D eigenvalue weighted by molar-refractivity contribution is 7.92. The lowest BCUT2D eigenvalue weighted by Crippen LogP contribution is -2.50. The largest absolute Gasteiger partial charge is 0.496 e. The lowest BCUT2D eigenvalue weighted by molar-refractivity contribution is 0.0742. The van der Waals surface area contributed by atoms with E-state index in [-0.39, 0.29) is 42.7 Å². The summed E-state index contributed by atoms with van der Waals surface area (Å²) in [4.78, 5) is 31.7. The molecule has 0 saturated carbocycles. The summed E-state index contributed by atoms with van der Waals surface area (Å²) in [5.74, 6) is -0.786. The molecule has 1 saturated heterocycles. The number of methoxy groups -OCH3 is 2. The van der Waals surface area contributed by atoms with Crippen molar-refractivity contribution in [2.75, 3.05) is 45.4 Å². The zero-order valence-corrected chi connectivity index (χ0v) is 23.5. The van der Waals surface area contributed by atoms with Crippen molar-refractivity contribution >= 4 is 43.2 Å². The molecular weight excluding hydrogens is 544 g/mol. The summed E-state index contributed by atoms with van der Waals surface area (Å²) in [6.45, 7) is 3.83. The molecule has 2 amide bonds. The fraction of sp³-hybridized carbons (Fsp3) is 0.500. The number of hydrogen-bond acceptors (Lipinski definition) is 10. The molecule has 1 aromatic carbocycles. The van der Waals surface area contributed by atoms with Gasteiger partial charge in [-0.1, -0.05) is 6.92 Å². The van der Waals surface area contributed by atoms with Crippen molar-refractivity contribution in [1.82, 2.24) is 18.9 Å². The number of amides is 2. The van der Waals surface area contributed by atoms with Crippen LogP contribution in [0.2, 0.25) is 0 Å². The maximum atomic E-state index is 13.3. The Labute approximate surface area is 220 Å². The van der Waals surface area contributed by atoms with Gasteiger partial charge in [-0.3, -0.25) is 9.59 Å². The van der Waals surface area contributed by atoms with Crippen molar-refractivity contribution in [2.24, 2.45) is 0 Å². The highest BCUT2D eigenvalue weighted by Crippen LogP contribution is 2.30. The molecule has 0 bridgehead atoms.